The van der Waals surface area contributed by atoms with E-state index >= 15 is 0 Å². The monoisotopic (exact) mass is 282 g/mol. The lowest BCUT2D eigenvalue weighted by molar-refractivity contribution is -0.137. The first-order valence-corrected chi connectivity index (χ1v) is 6.05. The molecule has 110 valence electrons. The summed E-state index contributed by atoms with van der Waals surface area (Å²) in [5, 5.41) is 13.7. The average Bonchev–Trinajstić information content (AvgIpc) is 2.43. The van der Waals surface area contributed by atoms with E-state index in [1.165, 1.54) is 14.2 Å². The van der Waals surface area contributed by atoms with Gasteiger partial charge in [0.1, 0.15) is 11.5 Å². The molecular formula is C13H18N2O5. The van der Waals surface area contributed by atoms with Gasteiger partial charge in [-0.1, -0.05) is 0 Å². The first-order chi connectivity index (χ1) is 9.56. The van der Waals surface area contributed by atoms with Crippen molar-refractivity contribution >= 4 is 17.7 Å². The van der Waals surface area contributed by atoms with Gasteiger partial charge >= 0.3 is 12.0 Å². The van der Waals surface area contributed by atoms with Crippen molar-refractivity contribution in [3.63, 3.8) is 0 Å². The molecule has 0 atom stereocenters. The summed E-state index contributed by atoms with van der Waals surface area (Å²) in [5.41, 5.74) is 0.504. The number of carbonyl (C=O) groups is 2. The normalized spacial score (nSPS) is 9.70. The molecular weight excluding hydrogens is 264 g/mol. The van der Waals surface area contributed by atoms with Crippen molar-refractivity contribution in [2.75, 3.05) is 26.1 Å². The Bertz CT molecular complexity index is 476. The van der Waals surface area contributed by atoms with Crippen LogP contribution in [0.15, 0.2) is 18.2 Å². The molecule has 0 spiro atoms. The SMILES string of the molecule is COc1ccc(NC(=O)NCCCC(=O)O)c(OC)c1. The molecule has 0 aliphatic rings. The third kappa shape index (κ3) is 5.05. The van der Waals surface area contributed by atoms with Gasteiger partial charge in [0, 0.05) is 19.0 Å². The molecule has 0 aliphatic carbocycles. The van der Waals surface area contributed by atoms with Crippen LogP contribution in [0.5, 0.6) is 11.5 Å². The fraction of sp³-hybridized carbons (Fsp3) is 0.385. The fourth-order valence-electron chi connectivity index (χ4n) is 1.51. The Kier molecular flexibility index (Phi) is 6.15. The minimum Gasteiger partial charge on any atom is -0.497 e. The fourth-order valence-corrected chi connectivity index (χ4v) is 1.51. The van der Waals surface area contributed by atoms with Crippen molar-refractivity contribution in [3.8, 4) is 11.5 Å². The third-order valence-electron chi connectivity index (χ3n) is 2.51. The number of aliphatic carboxylic acids is 1. The molecule has 1 aromatic carbocycles. The van der Waals surface area contributed by atoms with Gasteiger partial charge in [0.15, 0.2) is 0 Å². The van der Waals surface area contributed by atoms with Crippen LogP contribution in [0, 0.1) is 0 Å². The summed E-state index contributed by atoms with van der Waals surface area (Å²) in [5.74, 6) is 0.211. The number of carboxylic acids is 1. The van der Waals surface area contributed by atoms with Gasteiger partial charge in [0.05, 0.1) is 19.9 Å². The Labute approximate surface area is 116 Å². The molecule has 0 saturated heterocycles. The molecule has 1 aromatic rings. The van der Waals surface area contributed by atoms with E-state index in [1.54, 1.807) is 18.2 Å². The average molecular weight is 282 g/mol. The van der Waals surface area contributed by atoms with Crippen molar-refractivity contribution in [2.45, 2.75) is 12.8 Å². The number of carbonyl (C=O) groups excluding carboxylic acids is 1. The quantitative estimate of drug-likeness (QED) is 0.661. The van der Waals surface area contributed by atoms with E-state index in [-0.39, 0.29) is 13.0 Å². The Hall–Kier alpha value is -2.44. The van der Waals surface area contributed by atoms with Crippen molar-refractivity contribution in [2.24, 2.45) is 0 Å². The zero-order valence-corrected chi connectivity index (χ0v) is 11.4. The third-order valence-corrected chi connectivity index (χ3v) is 2.51. The van der Waals surface area contributed by atoms with Gasteiger partial charge < -0.3 is 25.2 Å². The van der Waals surface area contributed by atoms with Gasteiger partial charge in [-0.05, 0) is 18.6 Å². The second-order valence-electron chi connectivity index (χ2n) is 3.94. The number of ether oxygens (including phenoxy) is 2. The largest absolute Gasteiger partial charge is 0.497 e. The Morgan fingerprint density at radius 2 is 2.00 bits per heavy atom. The zero-order chi connectivity index (χ0) is 15.0. The molecule has 0 fully saturated rings. The van der Waals surface area contributed by atoms with Crippen LogP contribution in [0.2, 0.25) is 0 Å². The van der Waals surface area contributed by atoms with Crippen LogP contribution >= 0.6 is 0 Å². The Morgan fingerprint density at radius 1 is 1.25 bits per heavy atom. The standard InChI is InChI=1S/C13H18N2O5/c1-19-9-5-6-10(11(8-9)20-2)15-13(18)14-7-3-4-12(16)17/h5-6,8H,3-4,7H2,1-2H3,(H,16,17)(H2,14,15,18). The van der Waals surface area contributed by atoms with Gasteiger partial charge in [-0.25, -0.2) is 4.79 Å². The number of urea groups is 1. The summed E-state index contributed by atoms with van der Waals surface area (Å²) in [6, 6.07) is 4.59. The maximum atomic E-state index is 11.6. The van der Waals surface area contributed by atoms with Crippen molar-refractivity contribution < 1.29 is 24.2 Å². The molecule has 7 nitrogen and oxygen atoms in total. The molecule has 0 bridgehead atoms. The van der Waals surface area contributed by atoms with Crippen LogP contribution < -0.4 is 20.1 Å². The molecule has 0 aliphatic heterocycles. The molecule has 0 unspecified atom stereocenters. The highest BCUT2D eigenvalue weighted by Crippen LogP contribution is 2.28. The number of benzene rings is 1. The van der Waals surface area contributed by atoms with Crippen LogP contribution in [-0.4, -0.2) is 37.9 Å². The highest BCUT2D eigenvalue weighted by atomic mass is 16.5. The number of methoxy groups -OCH3 is 2. The number of rotatable bonds is 7. The predicted octanol–water partition coefficient (Wildman–Crippen LogP) is 1.69. The lowest BCUT2D eigenvalue weighted by Gasteiger charge is -2.12. The predicted molar refractivity (Wildman–Crippen MR) is 73.4 cm³/mol. The molecule has 0 heterocycles. The van der Waals surface area contributed by atoms with E-state index in [0.29, 0.717) is 23.6 Å². The molecule has 0 aromatic heterocycles. The smallest absolute Gasteiger partial charge is 0.319 e. The zero-order valence-electron chi connectivity index (χ0n) is 11.4. The highest BCUT2D eigenvalue weighted by molar-refractivity contribution is 5.91. The number of amides is 2. The van der Waals surface area contributed by atoms with Crippen LogP contribution in [0.1, 0.15) is 12.8 Å². The first kappa shape index (κ1) is 15.6. The molecule has 7 heteroatoms. The summed E-state index contributed by atoms with van der Waals surface area (Å²) in [6.45, 7) is 0.288. The maximum Gasteiger partial charge on any atom is 0.319 e. The minimum atomic E-state index is -0.885. The summed E-state index contributed by atoms with van der Waals surface area (Å²) in [4.78, 5) is 21.9. The number of anilines is 1. The molecule has 1 rings (SSSR count). The van der Waals surface area contributed by atoms with Crippen LogP contribution in [0.3, 0.4) is 0 Å². The molecule has 0 saturated carbocycles. The second kappa shape index (κ2) is 7.88. The van der Waals surface area contributed by atoms with Gasteiger partial charge in [-0.2, -0.15) is 0 Å². The number of hydrogen-bond acceptors (Lipinski definition) is 4. The van der Waals surface area contributed by atoms with Crippen LogP contribution in [0.25, 0.3) is 0 Å². The Balaban J connectivity index is 2.51. The summed E-state index contributed by atoms with van der Waals surface area (Å²) in [6.07, 6.45) is 0.397. The van der Waals surface area contributed by atoms with Crippen LogP contribution in [-0.2, 0) is 4.79 Å². The van der Waals surface area contributed by atoms with Gasteiger partial charge in [0.2, 0.25) is 0 Å². The highest BCUT2D eigenvalue weighted by Gasteiger charge is 2.08. The lowest BCUT2D eigenvalue weighted by atomic mass is 10.2. The van der Waals surface area contributed by atoms with E-state index in [9.17, 15) is 9.59 Å². The summed E-state index contributed by atoms with van der Waals surface area (Å²) in [7, 11) is 3.03. The number of hydrogen-bond donors (Lipinski definition) is 3. The second-order valence-corrected chi connectivity index (χ2v) is 3.94. The van der Waals surface area contributed by atoms with Gasteiger partial charge in [-0.15, -0.1) is 0 Å². The van der Waals surface area contributed by atoms with E-state index < -0.39 is 12.0 Å². The number of carboxylic acid groups (broad SMARTS) is 1. The molecule has 2 amide bonds. The van der Waals surface area contributed by atoms with Crippen molar-refractivity contribution in [1.82, 2.24) is 5.32 Å². The minimum absolute atomic E-state index is 0.0200. The van der Waals surface area contributed by atoms with Crippen LogP contribution in [0.4, 0.5) is 10.5 Å². The van der Waals surface area contributed by atoms with Gasteiger partial charge in [0.25, 0.3) is 0 Å². The van der Waals surface area contributed by atoms with E-state index in [2.05, 4.69) is 10.6 Å². The van der Waals surface area contributed by atoms with Crippen molar-refractivity contribution in [1.29, 1.82) is 0 Å². The topological polar surface area (TPSA) is 96.9 Å². The van der Waals surface area contributed by atoms with E-state index in [1.807, 2.05) is 0 Å². The maximum absolute atomic E-state index is 11.6. The molecule has 3 N–H and O–H groups in total. The molecule has 20 heavy (non-hydrogen) atoms. The van der Waals surface area contributed by atoms with Gasteiger partial charge in [-0.3, -0.25) is 4.79 Å². The molecule has 0 radical (unpaired) electrons. The van der Waals surface area contributed by atoms with E-state index in [0.717, 1.165) is 0 Å². The lowest BCUT2D eigenvalue weighted by Crippen LogP contribution is -2.29. The summed E-state index contributed by atoms with van der Waals surface area (Å²) >= 11 is 0. The number of nitrogens with one attached hydrogen (secondary N) is 2. The first-order valence-electron chi connectivity index (χ1n) is 6.05. The summed E-state index contributed by atoms with van der Waals surface area (Å²) < 4.78 is 10.2. The van der Waals surface area contributed by atoms with E-state index in [4.69, 9.17) is 14.6 Å². The Morgan fingerprint density at radius 3 is 2.60 bits per heavy atom. The van der Waals surface area contributed by atoms with Crippen molar-refractivity contribution in [3.05, 3.63) is 18.2 Å².